The number of hydrogen-bond acceptors (Lipinski definition) is 1. The van der Waals surface area contributed by atoms with Gasteiger partial charge in [-0.1, -0.05) is 17.7 Å². The summed E-state index contributed by atoms with van der Waals surface area (Å²) in [7, 11) is 0. The first-order valence-corrected chi connectivity index (χ1v) is 6.98. The van der Waals surface area contributed by atoms with Crippen LogP contribution in [0.15, 0.2) is 23.2 Å². The second-order valence-electron chi connectivity index (χ2n) is 4.70. The molecule has 0 bridgehead atoms. The van der Waals surface area contributed by atoms with Crippen LogP contribution < -0.4 is 5.73 Å². The lowest BCUT2D eigenvalue weighted by Crippen LogP contribution is -2.37. The number of hydrogen-bond donors (Lipinski definition) is 1. The van der Waals surface area contributed by atoms with E-state index >= 15 is 0 Å². The summed E-state index contributed by atoms with van der Waals surface area (Å²) < 4.78 is 13.8. The summed E-state index contributed by atoms with van der Waals surface area (Å²) >= 11 is 6.05. The highest BCUT2D eigenvalue weighted by molar-refractivity contribution is 14.0. The van der Waals surface area contributed by atoms with Gasteiger partial charge in [-0.15, -0.1) is 24.0 Å². The Morgan fingerprint density at radius 3 is 2.65 bits per heavy atom. The van der Waals surface area contributed by atoms with Crippen molar-refractivity contribution in [2.45, 2.75) is 32.2 Å². The lowest BCUT2D eigenvalue weighted by Gasteiger charge is -2.19. The van der Waals surface area contributed by atoms with Crippen LogP contribution in [0.2, 0.25) is 5.02 Å². The Kier molecular flexibility index (Phi) is 6.51. The van der Waals surface area contributed by atoms with Crippen molar-refractivity contribution in [2.24, 2.45) is 10.7 Å². The highest BCUT2D eigenvalue weighted by Crippen LogP contribution is 2.47. The molecule has 0 aliphatic heterocycles. The SMILES string of the molecule is CCN(CC)C(N)=NC1CC1c1c(F)cccc1Cl.I. The molecule has 3 nitrogen and oxygen atoms in total. The van der Waals surface area contributed by atoms with Gasteiger partial charge in [0.15, 0.2) is 5.96 Å². The fourth-order valence-electron chi connectivity index (χ4n) is 2.30. The van der Waals surface area contributed by atoms with Crippen LogP contribution in [0.3, 0.4) is 0 Å². The van der Waals surface area contributed by atoms with E-state index in [2.05, 4.69) is 4.99 Å². The van der Waals surface area contributed by atoms with Gasteiger partial charge in [0, 0.05) is 29.6 Å². The van der Waals surface area contributed by atoms with Crippen LogP contribution in [-0.2, 0) is 0 Å². The Morgan fingerprint density at radius 2 is 2.10 bits per heavy atom. The van der Waals surface area contributed by atoms with Gasteiger partial charge in [-0.25, -0.2) is 9.38 Å². The molecule has 1 aromatic carbocycles. The second-order valence-corrected chi connectivity index (χ2v) is 5.11. The van der Waals surface area contributed by atoms with E-state index in [1.165, 1.54) is 6.07 Å². The van der Waals surface area contributed by atoms with Gasteiger partial charge in [-0.05, 0) is 32.4 Å². The van der Waals surface area contributed by atoms with Crippen molar-refractivity contribution in [1.29, 1.82) is 0 Å². The molecule has 0 radical (unpaired) electrons. The highest BCUT2D eigenvalue weighted by atomic mass is 127. The third-order valence-electron chi connectivity index (χ3n) is 3.51. The summed E-state index contributed by atoms with van der Waals surface area (Å²) in [5.41, 5.74) is 6.52. The Balaban J connectivity index is 0.00000200. The van der Waals surface area contributed by atoms with Gasteiger partial charge >= 0.3 is 0 Å². The van der Waals surface area contributed by atoms with Crippen LogP contribution in [0.25, 0.3) is 0 Å². The lowest BCUT2D eigenvalue weighted by atomic mass is 10.1. The Labute approximate surface area is 141 Å². The third-order valence-corrected chi connectivity index (χ3v) is 3.84. The zero-order valence-corrected chi connectivity index (χ0v) is 14.7. The number of aliphatic imine (C=N–C) groups is 1. The first-order valence-electron chi connectivity index (χ1n) is 6.60. The molecule has 1 aromatic rings. The molecular weight excluding hydrogens is 392 g/mol. The summed E-state index contributed by atoms with van der Waals surface area (Å²) in [6, 6.07) is 4.82. The fraction of sp³-hybridized carbons (Fsp3) is 0.500. The predicted octanol–water partition coefficient (Wildman–Crippen LogP) is 3.61. The van der Waals surface area contributed by atoms with Crippen LogP contribution in [0, 0.1) is 5.82 Å². The first-order chi connectivity index (χ1) is 9.08. The van der Waals surface area contributed by atoms with Crippen LogP contribution >= 0.6 is 35.6 Å². The minimum Gasteiger partial charge on any atom is -0.370 e. The molecule has 0 amide bonds. The summed E-state index contributed by atoms with van der Waals surface area (Å²) in [6.45, 7) is 5.71. The Hall–Kier alpha value is -0.560. The van der Waals surface area contributed by atoms with E-state index in [4.69, 9.17) is 17.3 Å². The molecule has 1 aliphatic rings. The number of halogens is 3. The molecule has 20 heavy (non-hydrogen) atoms. The van der Waals surface area contributed by atoms with E-state index in [-0.39, 0.29) is 41.8 Å². The molecule has 0 spiro atoms. The van der Waals surface area contributed by atoms with Crippen molar-refractivity contribution in [2.75, 3.05) is 13.1 Å². The van der Waals surface area contributed by atoms with Crippen molar-refractivity contribution in [3.63, 3.8) is 0 Å². The zero-order valence-electron chi connectivity index (χ0n) is 11.6. The van der Waals surface area contributed by atoms with Crippen LogP contribution in [0.5, 0.6) is 0 Å². The normalized spacial score (nSPS) is 21.3. The largest absolute Gasteiger partial charge is 0.370 e. The number of nitrogens with zero attached hydrogens (tertiary/aromatic N) is 2. The quantitative estimate of drug-likeness (QED) is 0.467. The number of guanidine groups is 1. The van der Waals surface area contributed by atoms with Crippen molar-refractivity contribution in [3.05, 3.63) is 34.6 Å². The number of nitrogens with two attached hydrogens (primary N) is 1. The van der Waals surface area contributed by atoms with Gasteiger partial charge < -0.3 is 10.6 Å². The van der Waals surface area contributed by atoms with Crippen LogP contribution in [0.1, 0.15) is 31.7 Å². The molecule has 1 aliphatic carbocycles. The molecule has 2 rings (SSSR count). The number of benzene rings is 1. The summed E-state index contributed by atoms with van der Waals surface area (Å²) in [5, 5.41) is 0.476. The minimum atomic E-state index is -0.253. The molecule has 2 N–H and O–H groups in total. The van der Waals surface area contributed by atoms with Gasteiger partial charge in [-0.2, -0.15) is 0 Å². The lowest BCUT2D eigenvalue weighted by molar-refractivity contribution is 0.458. The average Bonchev–Trinajstić information content (AvgIpc) is 3.09. The van der Waals surface area contributed by atoms with Gasteiger partial charge in [0.2, 0.25) is 0 Å². The third kappa shape index (κ3) is 3.75. The maximum Gasteiger partial charge on any atom is 0.191 e. The molecule has 0 saturated heterocycles. The smallest absolute Gasteiger partial charge is 0.191 e. The van der Waals surface area contributed by atoms with E-state index in [0.29, 0.717) is 16.5 Å². The minimum absolute atomic E-state index is 0. The van der Waals surface area contributed by atoms with Crippen LogP contribution in [-0.4, -0.2) is 30.0 Å². The predicted molar refractivity (Wildman–Crippen MR) is 92.5 cm³/mol. The molecule has 0 aromatic heterocycles. The van der Waals surface area contributed by atoms with E-state index in [1.807, 2.05) is 18.7 Å². The van der Waals surface area contributed by atoms with E-state index in [1.54, 1.807) is 12.1 Å². The maximum atomic E-state index is 13.8. The maximum absolute atomic E-state index is 13.8. The van der Waals surface area contributed by atoms with Gasteiger partial charge in [0.25, 0.3) is 0 Å². The molecular formula is C14H20ClFIN3. The standard InChI is InChI=1S/C14H19ClFN3.HI/c1-3-19(4-2)14(17)18-12-8-9(12)13-10(15)6-5-7-11(13)16;/h5-7,9,12H,3-4,8H2,1-2H3,(H2,17,18);1H. The molecule has 1 fully saturated rings. The zero-order chi connectivity index (χ0) is 14.0. The number of rotatable bonds is 4. The summed E-state index contributed by atoms with van der Waals surface area (Å²) in [5.74, 6) is 0.337. The molecule has 0 heterocycles. The molecule has 112 valence electrons. The first kappa shape index (κ1) is 17.5. The summed E-state index contributed by atoms with van der Waals surface area (Å²) in [6.07, 6.45) is 0.808. The Morgan fingerprint density at radius 1 is 1.45 bits per heavy atom. The van der Waals surface area contributed by atoms with Crippen LogP contribution in [0.4, 0.5) is 4.39 Å². The average molecular weight is 412 g/mol. The highest BCUT2D eigenvalue weighted by Gasteiger charge is 2.41. The fourth-order valence-corrected chi connectivity index (χ4v) is 2.60. The van der Waals surface area contributed by atoms with Gasteiger partial charge in [0.1, 0.15) is 5.82 Å². The molecule has 2 atom stereocenters. The molecule has 2 unspecified atom stereocenters. The van der Waals surface area contributed by atoms with Crippen molar-refractivity contribution >= 4 is 41.5 Å². The molecule has 6 heteroatoms. The van der Waals surface area contributed by atoms with E-state index < -0.39 is 0 Å². The topological polar surface area (TPSA) is 41.6 Å². The Bertz CT molecular complexity index is 471. The van der Waals surface area contributed by atoms with Crippen molar-refractivity contribution in [1.82, 2.24) is 4.90 Å². The van der Waals surface area contributed by atoms with E-state index in [9.17, 15) is 4.39 Å². The van der Waals surface area contributed by atoms with Gasteiger partial charge in [0.05, 0.1) is 6.04 Å². The second kappa shape index (κ2) is 7.45. The molecule has 1 saturated carbocycles. The summed E-state index contributed by atoms with van der Waals surface area (Å²) in [4.78, 5) is 6.45. The monoisotopic (exact) mass is 411 g/mol. The van der Waals surface area contributed by atoms with Gasteiger partial charge in [-0.3, -0.25) is 0 Å². The van der Waals surface area contributed by atoms with Crippen molar-refractivity contribution in [3.8, 4) is 0 Å². The van der Waals surface area contributed by atoms with Crippen molar-refractivity contribution < 1.29 is 4.39 Å². The van der Waals surface area contributed by atoms with E-state index in [0.717, 1.165) is 19.5 Å².